The van der Waals surface area contributed by atoms with Crippen LogP contribution in [0.15, 0.2) is 24.5 Å². The molecule has 1 unspecified atom stereocenters. The lowest BCUT2D eigenvalue weighted by atomic mass is 10.1. The van der Waals surface area contributed by atoms with Crippen LogP contribution in [0.5, 0.6) is 0 Å². The van der Waals surface area contributed by atoms with Crippen molar-refractivity contribution in [3.8, 4) is 0 Å². The lowest BCUT2D eigenvalue weighted by Gasteiger charge is -2.06. The lowest BCUT2D eigenvalue weighted by Crippen LogP contribution is -1.97. The molecule has 0 amide bonds. The van der Waals surface area contributed by atoms with Crippen molar-refractivity contribution in [2.24, 2.45) is 0 Å². The minimum Gasteiger partial charge on any atom is -0.388 e. The summed E-state index contributed by atoms with van der Waals surface area (Å²) in [5, 5.41) is 9.52. The topological polar surface area (TPSA) is 48.9 Å². The van der Waals surface area contributed by atoms with E-state index < -0.39 is 6.10 Å². The number of aliphatic hydroxyl groups is 1. The highest BCUT2D eigenvalue weighted by atomic mass is 32.1. The van der Waals surface area contributed by atoms with Crippen LogP contribution in [0, 0.1) is 0 Å². The van der Waals surface area contributed by atoms with Crippen LogP contribution in [-0.2, 0) is 0 Å². The van der Waals surface area contributed by atoms with Gasteiger partial charge in [0, 0.05) is 5.75 Å². The zero-order chi connectivity index (χ0) is 9.26. The first-order chi connectivity index (χ1) is 6.31. The molecule has 0 aliphatic rings. The first kappa shape index (κ1) is 8.59. The van der Waals surface area contributed by atoms with Crippen molar-refractivity contribution in [2.75, 3.05) is 5.75 Å². The quantitative estimate of drug-likeness (QED) is 0.635. The summed E-state index contributed by atoms with van der Waals surface area (Å²) in [7, 11) is 0. The van der Waals surface area contributed by atoms with E-state index in [9.17, 15) is 5.11 Å². The number of aliphatic hydroxyl groups excluding tert-OH is 1. The van der Waals surface area contributed by atoms with Gasteiger partial charge in [0.1, 0.15) is 0 Å². The standard InChI is InChI=1S/C9H10N2OS/c12-9(4-13)6-1-2-7-8(3-6)11-5-10-7/h1-3,5,9,12-13H,4H2,(H,10,11). The number of nitrogens with zero attached hydrogens (tertiary/aromatic N) is 1. The van der Waals surface area contributed by atoms with Crippen molar-refractivity contribution in [3.63, 3.8) is 0 Å². The second kappa shape index (κ2) is 3.40. The Hall–Kier alpha value is -1.00. The number of hydrogen-bond acceptors (Lipinski definition) is 3. The number of aromatic amines is 1. The van der Waals surface area contributed by atoms with E-state index in [1.807, 2.05) is 18.2 Å². The van der Waals surface area contributed by atoms with Crippen molar-refractivity contribution < 1.29 is 5.11 Å². The van der Waals surface area contributed by atoms with Crippen LogP contribution in [0.4, 0.5) is 0 Å². The molecular weight excluding hydrogens is 184 g/mol. The Morgan fingerprint density at radius 3 is 3.15 bits per heavy atom. The average molecular weight is 194 g/mol. The maximum atomic E-state index is 9.52. The van der Waals surface area contributed by atoms with Gasteiger partial charge < -0.3 is 10.1 Å². The minimum atomic E-state index is -0.504. The predicted molar refractivity (Wildman–Crippen MR) is 54.9 cm³/mol. The summed E-state index contributed by atoms with van der Waals surface area (Å²) in [6, 6.07) is 5.64. The zero-order valence-corrected chi connectivity index (χ0v) is 7.83. The van der Waals surface area contributed by atoms with Gasteiger partial charge in [-0.3, -0.25) is 0 Å². The van der Waals surface area contributed by atoms with E-state index in [1.54, 1.807) is 6.33 Å². The third kappa shape index (κ3) is 1.55. The van der Waals surface area contributed by atoms with Gasteiger partial charge >= 0.3 is 0 Å². The fourth-order valence-electron chi connectivity index (χ4n) is 1.27. The first-order valence-corrected chi connectivity index (χ1v) is 4.66. The van der Waals surface area contributed by atoms with E-state index in [0.717, 1.165) is 16.6 Å². The van der Waals surface area contributed by atoms with E-state index in [-0.39, 0.29) is 0 Å². The molecule has 2 rings (SSSR count). The molecule has 0 radical (unpaired) electrons. The van der Waals surface area contributed by atoms with Crippen molar-refractivity contribution in [1.82, 2.24) is 9.97 Å². The molecule has 1 aromatic heterocycles. The normalized spacial score (nSPS) is 13.4. The summed E-state index contributed by atoms with van der Waals surface area (Å²) >= 11 is 4.03. The van der Waals surface area contributed by atoms with Gasteiger partial charge in [0.25, 0.3) is 0 Å². The van der Waals surface area contributed by atoms with Gasteiger partial charge in [0.2, 0.25) is 0 Å². The Kier molecular flexibility index (Phi) is 2.24. The molecule has 68 valence electrons. The molecule has 1 heterocycles. The van der Waals surface area contributed by atoms with Gasteiger partial charge in [-0.05, 0) is 17.7 Å². The van der Waals surface area contributed by atoms with Gasteiger partial charge in [-0.15, -0.1) is 0 Å². The summed E-state index contributed by atoms with van der Waals surface area (Å²) in [6.07, 6.45) is 1.14. The molecule has 13 heavy (non-hydrogen) atoms. The zero-order valence-electron chi connectivity index (χ0n) is 6.94. The number of nitrogens with one attached hydrogen (secondary N) is 1. The molecular formula is C9H10N2OS. The highest BCUT2D eigenvalue weighted by Gasteiger charge is 2.05. The molecule has 0 bridgehead atoms. The van der Waals surface area contributed by atoms with Gasteiger partial charge in [-0.1, -0.05) is 6.07 Å². The van der Waals surface area contributed by atoms with Gasteiger partial charge in [-0.2, -0.15) is 12.6 Å². The number of thiol groups is 1. The molecule has 0 saturated carbocycles. The monoisotopic (exact) mass is 194 g/mol. The molecule has 0 aliphatic carbocycles. The summed E-state index contributed by atoms with van der Waals surface area (Å²) in [5.74, 6) is 0.430. The van der Waals surface area contributed by atoms with E-state index in [2.05, 4.69) is 22.6 Å². The van der Waals surface area contributed by atoms with Crippen molar-refractivity contribution in [3.05, 3.63) is 30.1 Å². The maximum Gasteiger partial charge on any atom is 0.0931 e. The summed E-state index contributed by atoms with van der Waals surface area (Å²) in [5.41, 5.74) is 2.72. The molecule has 0 saturated heterocycles. The predicted octanol–water partition coefficient (Wildman–Crippen LogP) is 1.53. The molecule has 0 aliphatic heterocycles. The van der Waals surface area contributed by atoms with Crippen LogP contribution in [0.25, 0.3) is 11.0 Å². The summed E-state index contributed by atoms with van der Waals surface area (Å²) < 4.78 is 0. The number of aromatic nitrogens is 2. The Labute approximate surface area is 81.2 Å². The largest absolute Gasteiger partial charge is 0.388 e. The molecule has 2 aromatic rings. The fourth-order valence-corrected chi connectivity index (χ4v) is 1.48. The third-order valence-corrected chi connectivity index (χ3v) is 2.35. The number of hydrogen-bond donors (Lipinski definition) is 3. The SMILES string of the molecule is OC(CS)c1ccc2nc[nH]c2c1. The second-order valence-electron chi connectivity index (χ2n) is 2.88. The smallest absolute Gasteiger partial charge is 0.0931 e. The molecule has 1 aromatic carbocycles. The molecule has 0 spiro atoms. The van der Waals surface area contributed by atoms with Crippen LogP contribution >= 0.6 is 12.6 Å². The maximum absolute atomic E-state index is 9.52. The van der Waals surface area contributed by atoms with Gasteiger partial charge in [-0.25, -0.2) is 4.98 Å². The highest BCUT2D eigenvalue weighted by molar-refractivity contribution is 7.80. The van der Waals surface area contributed by atoms with Crippen molar-refractivity contribution in [2.45, 2.75) is 6.10 Å². The van der Waals surface area contributed by atoms with Crippen LogP contribution in [0.1, 0.15) is 11.7 Å². The Morgan fingerprint density at radius 1 is 1.54 bits per heavy atom. The molecule has 0 fully saturated rings. The van der Waals surface area contributed by atoms with Crippen LogP contribution in [0.2, 0.25) is 0 Å². The molecule has 3 nitrogen and oxygen atoms in total. The highest BCUT2D eigenvalue weighted by Crippen LogP contribution is 2.18. The summed E-state index contributed by atoms with van der Waals surface area (Å²) in [4.78, 5) is 7.08. The Bertz CT molecular complexity index is 413. The summed E-state index contributed by atoms with van der Waals surface area (Å²) in [6.45, 7) is 0. The van der Waals surface area contributed by atoms with Crippen molar-refractivity contribution >= 4 is 23.7 Å². The molecule has 2 N–H and O–H groups in total. The van der Waals surface area contributed by atoms with E-state index >= 15 is 0 Å². The molecule has 1 atom stereocenters. The Balaban J connectivity index is 2.48. The molecule has 4 heteroatoms. The fraction of sp³-hybridized carbons (Fsp3) is 0.222. The van der Waals surface area contributed by atoms with Gasteiger partial charge in [0.15, 0.2) is 0 Å². The first-order valence-electron chi connectivity index (χ1n) is 4.03. The third-order valence-electron chi connectivity index (χ3n) is 2.00. The van der Waals surface area contributed by atoms with Crippen molar-refractivity contribution in [1.29, 1.82) is 0 Å². The second-order valence-corrected chi connectivity index (χ2v) is 3.24. The number of imidazole rings is 1. The number of H-pyrrole nitrogens is 1. The van der Waals surface area contributed by atoms with E-state index in [0.29, 0.717) is 5.75 Å². The van der Waals surface area contributed by atoms with Crippen LogP contribution in [0.3, 0.4) is 0 Å². The van der Waals surface area contributed by atoms with E-state index in [1.165, 1.54) is 0 Å². The lowest BCUT2D eigenvalue weighted by molar-refractivity contribution is 0.204. The Morgan fingerprint density at radius 2 is 2.38 bits per heavy atom. The number of benzene rings is 1. The number of rotatable bonds is 2. The van der Waals surface area contributed by atoms with Crippen LogP contribution < -0.4 is 0 Å². The van der Waals surface area contributed by atoms with E-state index in [4.69, 9.17) is 0 Å². The number of fused-ring (bicyclic) bond motifs is 1. The van der Waals surface area contributed by atoms with Crippen LogP contribution in [-0.4, -0.2) is 20.8 Å². The van der Waals surface area contributed by atoms with Gasteiger partial charge in [0.05, 0.1) is 23.5 Å². The average Bonchev–Trinajstić information content (AvgIpc) is 2.63. The minimum absolute atomic E-state index is 0.430.